The summed E-state index contributed by atoms with van der Waals surface area (Å²) in [5, 5.41) is 9.54. The fraction of sp³-hybridized carbons (Fsp3) is 0.256. The van der Waals surface area contributed by atoms with Crippen molar-refractivity contribution in [3.63, 3.8) is 0 Å². The standard InChI is InChI=1S/C39H39ClN2/c1-38(2,32-17-11-14-26-12-7-9-15-30(26)32)34(41-5)24-21-28-18-19-29(37(28)40)22-25-35-39(3,4)36-31-16-10-8-13-27(31)20-23-33(36)42(35)6/h7-17,20-25H,18-19H2,1-6H3/p+1. The molecule has 0 unspecified atom stereocenters. The number of halogens is 1. The smallest absolute Gasteiger partial charge is 0.210 e. The van der Waals surface area contributed by atoms with Crippen molar-refractivity contribution < 1.29 is 4.58 Å². The molecular weight excluding hydrogens is 532 g/mol. The number of hydrogen-bond donors (Lipinski definition) is 1. The van der Waals surface area contributed by atoms with Crippen LogP contribution in [-0.2, 0) is 10.8 Å². The van der Waals surface area contributed by atoms with Gasteiger partial charge in [-0.1, -0.05) is 104 Å². The summed E-state index contributed by atoms with van der Waals surface area (Å²) >= 11 is 7.03. The van der Waals surface area contributed by atoms with Gasteiger partial charge in [0, 0.05) is 40.9 Å². The summed E-state index contributed by atoms with van der Waals surface area (Å²) in [6.07, 6.45) is 10.9. The third kappa shape index (κ3) is 4.63. The SMILES string of the molecule is CN/C(=C/C=C1\CCC(/C=C/C2=[N+](C)c3ccc4ccccc4c3C2(C)C)=C1Cl)C(C)(C)c1cccc2ccccc12. The maximum atomic E-state index is 7.03. The van der Waals surface area contributed by atoms with Gasteiger partial charge in [0.2, 0.25) is 5.69 Å². The molecule has 1 aliphatic carbocycles. The van der Waals surface area contributed by atoms with E-state index in [1.807, 2.05) is 7.05 Å². The van der Waals surface area contributed by atoms with Gasteiger partial charge in [-0.2, -0.15) is 4.58 Å². The van der Waals surface area contributed by atoms with E-state index in [9.17, 15) is 0 Å². The molecule has 4 aromatic carbocycles. The molecule has 2 aliphatic rings. The number of benzene rings is 4. The molecule has 1 heterocycles. The van der Waals surface area contributed by atoms with Crippen LogP contribution in [-0.4, -0.2) is 24.4 Å². The zero-order valence-corrected chi connectivity index (χ0v) is 26.3. The molecule has 0 amide bonds. The summed E-state index contributed by atoms with van der Waals surface area (Å²) in [5.41, 5.74) is 8.53. The minimum absolute atomic E-state index is 0.108. The number of nitrogens with one attached hydrogen (secondary N) is 1. The molecule has 0 radical (unpaired) electrons. The second-order valence-corrected chi connectivity index (χ2v) is 13.0. The molecular formula is C39H40ClN2+. The van der Waals surface area contributed by atoms with Crippen LogP contribution < -0.4 is 5.32 Å². The minimum atomic E-state index is -0.196. The zero-order valence-electron chi connectivity index (χ0n) is 25.6. The molecule has 42 heavy (non-hydrogen) atoms. The van der Waals surface area contributed by atoms with Crippen LogP contribution >= 0.6 is 11.6 Å². The van der Waals surface area contributed by atoms with E-state index in [2.05, 4.69) is 148 Å². The van der Waals surface area contributed by atoms with Gasteiger partial charge in [-0.25, -0.2) is 0 Å². The summed E-state index contributed by atoms with van der Waals surface area (Å²) < 4.78 is 2.34. The van der Waals surface area contributed by atoms with E-state index < -0.39 is 0 Å². The average Bonchev–Trinajstić information content (AvgIpc) is 3.43. The summed E-state index contributed by atoms with van der Waals surface area (Å²) in [7, 11) is 4.19. The first-order valence-corrected chi connectivity index (χ1v) is 15.3. The highest BCUT2D eigenvalue weighted by Gasteiger charge is 2.44. The molecule has 0 bridgehead atoms. The Bertz CT molecular complexity index is 1870. The van der Waals surface area contributed by atoms with Crippen LogP contribution in [0.3, 0.4) is 0 Å². The molecule has 0 fully saturated rings. The highest BCUT2D eigenvalue weighted by Crippen LogP contribution is 2.44. The van der Waals surface area contributed by atoms with Gasteiger partial charge in [-0.15, -0.1) is 0 Å². The van der Waals surface area contributed by atoms with E-state index in [1.54, 1.807) is 0 Å². The van der Waals surface area contributed by atoms with Crippen LogP contribution in [0.25, 0.3) is 21.5 Å². The highest BCUT2D eigenvalue weighted by molar-refractivity contribution is 6.33. The minimum Gasteiger partial charge on any atom is -0.391 e. The van der Waals surface area contributed by atoms with Crippen LogP contribution in [0.15, 0.2) is 125 Å². The molecule has 3 heteroatoms. The number of hydrogen-bond acceptors (Lipinski definition) is 1. The Balaban J connectivity index is 1.30. The Kier molecular flexibility index (Phi) is 7.23. The molecule has 0 saturated carbocycles. The number of nitrogens with zero attached hydrogens (tertiary/aromatic N) is 1. The van der Waals surface area contributed by atoms with Crippen molar-refractivity contribution >= 4 is 44.5 Å². The Morgan fingerprint density at radius 2 is 1.52 bits per heavy atom. The van der Waals surface area contributed by atoms with Gasteiger partial charge >= 0.3 is 0 Å². The molecule has 212 valence electrons. The molecule has 6 rings (SSSR count). The van der Waals surface area contributed by atoms with E-state index in [0.717, 1.165) is 23.6 Å². The van der Waals surface area contributed by atoms with Crippen LogP contribution in [0.2, 0.25) is 0 Å². The summed E-state index contributed by atoms with van der Waals surface area (Å²) in [6, 6.07) is 28.4. The second-order valence-electron chi connectivity index (χ2n) is 12.6. The third-order valence-corrected chi connectivity index (χ3v) is 9.91. The number of fused-ring (bicyclic) bond motifs is 4. The molecule has 0 saturated heterocycles. The van der Waals surface area contributed by atoms with Gasteiger partial charge in [-0.05, 0) is 77.1 Å². The van der Waals surface area contributed by atoms with E-state index in [-0.39, 0.29) is 10.8 Å². The summed E-state index contributed by atoms with van der Waals surface area (Å²) in [6.45, 7) is 9.24. The third-order valence-electron chi connectivity index (χ3n) is 9.42. The lowest BCUT2D eigenvalue weighted by molar-refractivity contribution is -0.401. The normalized spacial score (nSPS) is 18.3. The maximum Gasteiger partial charge on any atom is 0.210 e. The quantitative estimate of drug-likeness (QED) is 0.228. The van der Waals surface area contributed by atoms with Gasteiger partial charge in [0.25, 0.3) is 0 Å². The lowest BCUT2D eigenvalue weighted by Crippen LogP contribution is -2.28. The molecule has 4 aromatic rings. The lowest BCUT2D eigenvalue weighted by Gasteiger charge is -2.30. The predicted octanol–water partition coefficient (Wildman–Crippen LogP) is 9.85. The molecule has 1 N–H and O–H groups in total. The first-order valence-electron chi connectivity index (χ1n) is 14.9. The van der Waals surface area contributed by atoms with Crippen molar-refractivity contribution in [1.82, 2.24) is 5.32 Å². The van der Waals surface area contributed by atoms with Crippen molar-refractivity contribution in [1.29, 1.82) is 0 Å². The summed E-state index contributed by atoms with van der Waals surface area (Å²) in [5.74, 6) is 0. The fourth-order valence-electron chi connectivity index (χ4n) is 7.08. The Morgan fingerprint density at radius 3 is 2.26 bits per heavy atom. The second kappa shape index (κ2) is 10.7. The maximum absolute atomic E-state index is 7.03. The van der Waals surface area contributed by atoms with Gasteiger partial charge < -0.3 is 5.32 Å². The van der Waals surface area contributed by atoms with Gasteiger partial charge in [0.1, 0.15) is 7.05 Å². The van der Waals surface area contributed by atoms with Gasteiger partial charge in [-0.3, -0.25) is 0 Å². The van der Waals surface area contributed by atoms with E-state index >= 15 is 0 Å². The summed E-state index contributed by atoms with van der Waals surface area (Å²) in [4.78, 5) is 0. The van der Waals surface area contributed by atoms with Crippen molar-refractivity contribution in [2.75, 3.05) is 14.1 Å². The highest BCUT2D eigenvalue weighted by atomic mass is 35.5. The number of likely N-dealkylation sites (N-methyl/N-ethyl adjacent to an activating group) is 1. The van der Waals surface area contributed by atoms with Crippen LogP contribution in [0.5, 0.6) is 0 Å². The molecule has 2 nitrogen and oxygen atoms in total. The van der Waals surface area contributed by atoms with Crippen molar-refractivity contribution in [2.24, 2.45) is 0 Å². The van der Waals surface area contributed by atoms with Crippen LogP contribution in [0, 0.1) is 0 Å². The number of rotatable bonds is 6. The molecule has 0 atom stereocenters. The largest absolute Gasteiger partial charge is 0.391 e. The predicted molar refractivity (Wildman–Crippen MR) is 181 cm³/mol. The average molecular weight is 572 g/mol. The first-order chi connectivity index (χ1) is 20.1. The Hall–Kier alpha value is -3.88. The van der Waals surface area contributed by atoms with Crippen LogP contribution in [0.1, 0.15) is 51.7 Å². The van der Waals surface area contributed by atoms with Crippen molar-refractivity contribution in [3.8, 4) is 0 Å². The molecule has 0 aromatic heterocycles. The molecule has 0 spiro atoms. The van der Waals surface area contributed by atoms with Gasteiger partial charge in [0.15, 0.2) is 5.71 Å². The van der Waals surface area contributed by atoms with Crippen molar-refractivity contribution in [3.05, 3.63) is 136 Å². The topological polar surface area (TPSA) is 15.0 Å². The van der Waals surface area contributed by atoms with Crippen LogP contribution in [0.4, 0.5) is 5.69 Å². The van der Waals surface area contributed by atoms with E-state index in [4.69, 9.17) is 11.6 Å². The van der Waals surface area contributed by atoms with Crippen molar-refractivity contribution in [2.45, 2.75) is 51.4 Å². The fourth-order valence-corrected chi connectivity index (χ4v) is 7.40. The first kappa shape index (κ1) is 28.2. The monoisotopic (exact) mass is 571 g/mol. The zero-order chi connectivity index (χ0) is 29.6. The van der Waals surface area contributed by atoms with E-state index in [1.165, 1.54) is 55.2 Å². The Morgan fingerprint density at radius 1 is 0.857 bits per heavy atom. The number of allylic oxidation sites excluding steroid dienone is 8. The molecule has 1 aliphatic heterocycles. The Labute approximate surface area is 255 Å². The van der Waals surface area contributed by atoms with E-state index in [0.29, 0.717) is 0 Å². The van der Waals surface area contributed by atoms with Gasteiger partial charge in [0.05, 0.1) is 5.41 Å². The lowest BCUT2D eigenvalue weighted by atomic mass is 9.78.